The van der Waals surface area contributed by atoms with Crippen molar-refractivity contribution in [3.05, 3.63) is 0 Å². The molecule has 0 aromatic heterocycles. The van der Waals surface area contributed by atoms with Gasteiger partial charge in [0.1, 0.15) is 0 Å². The summed E-state index contributed by atoms with van der Waals surface area (Å²) in [5.74, 6) is 0. The normalized spacial score (nSPS) is 16.5. The second-order valence-corrected chi connectivity index (χ2v) is 3.55. The first-order chi connectivity index (χ1) is 5.63. The zero-order valence-electron chi connectivity index (χ0n) is 9.22. The molecule has 0 aliphatic heterocycles. The van der Waals surface area contributed by atoms with E-state index in [0.717, 1.165) is 6.54 Å². The average molecular weight is 172 g/mol. The Balaban J connectivity index is 3.67. The lowest BCUT2D eigenvalue weighted by molar-refractivity contribution is 0.164. The van der Waals surface area contributed by atoms with Crippen LogP contribution in [0.1, 0.15) is 40.5 Å². The SMILES string of the molecule is CCCNC(C)N(C)C(C)CC. The third kappa shape index (κ3) is 4.07. The van der Waals surface area contributed by atoms with Crippen LogP contribution in [0.15, 0.2) is 0 Å². The highest BCUT2D eigenvalue weighted by Crippen LogP contribution is 2.03. The quantitative estimate of drug-likeness (QED) is 0.617. The van der Waals surface area contributed by atoms with Gasteiger partial charge in [-0.1, -0.05) is 13.8 Å². The van der Waals surface area contributed by atoms with Crippen molar-refractivity contribution >= 4 is 0 Å². The van der Waals surface area contributed by atoms with Crippen LogP contribution in [-0.4, -0.2) is 30.7 Å². The number of nitrogens with one attached hydrogen (secondary N) is 1. The van der Waals surface area contributed by atoms with E-state index in [4.69, 9.17) is 0 Å². The van der Waals surface area contributed by atoms with E-state index in [2.05, 4.69) is 45.0 Å². The predicted octanol–water partition coefficient (Wildman–Crippen LogP) is 2.06. The molecule has 0 heterocycles. The molecule has 0 spiro atoms. The molecule has 0 aliphatic rings. The highest BCUT2D eigenvalue weighted by atomic mass is 15.3. The Morgan fingerprint density at radius 2 is 1.83 bits per heavy atom. The van der Waals surface area contributed by atoms with E-state index < -0.39 is 0 Å². The van der Waals surface area contributed by atoms with Crippen molar-refractivity contribution in [2.24, 2.45) is 0 Å². The zero-order chi connectivity index (χ0) is 9.56. The molecule has 0 saturated carbocycles. The summed E-state index contributed by atoms with van der Waals surface area (Å²) in [6.07, 6.45) is 2.92. The van der Waals surface area contributed by atoms with Gasteiger partial charge < -0.3 is 5.32 Å². The summed E-state index contributed by atoms with van der Waals surface area (Å²) in [6, 6.07) is 0.671. The van der Waals surface area contributed by atoms with E-state index in [1.165, 1.54) is 12.8 Å². The van der Waals surface area contributed by atoms with Crippen LogP contribution in [0.2, 0.25) is 0 Å². The van der Waals surface area contributed by atoms with Gasteiger partial charge in [0.15, 0.2) is 0 Å². The van der Waals surface area contributed by atoms with Crippen LogP contribution in [0.4, 0.5) is 0 Å². The number of nitrogens with zero attached hydrogens (tertiary/aromatic N) is 1. The largest absolute Gasteiger partial charge is 0.302 e. The number of hydrogen-bond donors (Lipinski definition) is 1. The van der Waals surface area contributed by atoms with Gasteiger partial charge in [-0.2, -0.15) is 0 Å². The average Bonchev–Trinajstić information content (AvgIpc) is 2.11. The topological polar surface area (TPSA) is 15.3 Å². The molecule has 0 radical (unpaired) electrons. The first kappa shape index (κ1) is 11.9. The second kappa shape index (κ2) is 6.44. The Morgan fingerprint density at radius 3 is 2.25 bits per heavy atom. The van der Waals surface area contributed by atoms with Crippen LogP contribution in [0.3, 0.4) is 0 Å². The Labute approximate surface area is 77.3 Å². The van der Waals surface area contributed by atoms with Crippen molar-refractivity contribution in [3.8, 4) is 0 Å². The molecular formula is C10H24N2. The molecule has 0 saturated heterocycles. The summed E-state index contributed by atoms with van der Waals surface area (Å²) in [6.45, 7) is 10.0. The fourth-order valence-electron chi connectivity index (χ4n) is 1.17. The lowest BCUT2D eigenvalue weighted by Crippen LogP contribution is -2.45. The molecule has 2 atom stereocenters. The molecule has 0 rings (SSSR count). The maximum absolute atomic E-state index is 3.47. The van der Waals surface area contributed by atoms with Gasteiger partial charge in [0, 0.05) is 6.04 Å². The van der Waals surface area contributed by atoms with Crippen molar-refractivity contribution in [2.75, 3.05) is 13.6 Å². The number of hydrogen-bond acceptors (Lipinski definition) is 2. The molecule has 0 aliphatic carbocycles. The summed E-state index contributed by atoms with van der Waals surface area (Å²) in [5.41, 5.74) is 0. The molecule has 0 amide bonds. The zero-order valence-corrected chi connectivity index (χ0v) is 9.22. The Morgan fingerprint density at radius 1 is 1.25 bits per heavy atom. The van der Waals surface area contributed by atoms with E-state index in [1.807, 2.05) is 0 Å². The maximum atomic E-state index is 3.47. The summed E-state index contributed by atoms with van der Waals surface area (Å²) in [7, 11) is 2.18. The number of rotatable bonds is 6. The minimum atomic E-state index is 0.500. The predicted molar refractivity (Wildman–Crippen MR) is 55.3 cm³/mol. The van der Waals surface area contributed by atoms with Crippen molar-refractivity contribution in [2.45, 2.75) is 52.7 Å². The van der Waals surface area contributed by atoms with Crippen LogP contribution in [0.25, 0.3) is 0 Å². The van der Waals surface area contributed by atoms with Gasteiger partial charge >= 0.3 is 0 Å². The van der Waals surface area contributed by atoms with Gasteiger partial charge in [-0.25, -0.2) is 0 Å². The molecule has 74 valence electrons. The van der Waals surface area contributed by atoms with E-state index in [-0.39, 0.29) is 0 Å². The Kier molecular flexibility index (Phi) is 6.39. The van der Waals surface area contributed by atoms with Gasteiger partial charge in [0.05, 0.1) is 6.17 Å². The smallest absolute Gasteiger partial charge is 0.0567 e. The minimum absolute atomic E-state index is 0.500. The first-order valence-electron chi connectivity index (χ1n) is 5.08. The van der Waals surface area contributed by atoms with Gasteiger partial charge in [0.2, 0.25) is 0 Å². The standard InChI is InChI=1S/C10H24N2/c1-6-8-11-10(4)12(5)9(3)7-2/h9-11H,6-8H2,1-5H3. The monoisotopic (exact) mass is 172 g/mol. The molecule has 2 unspecified atom stereocenters. The molecule has 2 heteroatoms. The summed E-state index contributed by atoms with van der Waals surface area (Å²) >= 11 is 0. The van der Waals surface area contributed by atoms with Gasteiger partial charge in [-0.3, -0.25) is 4.90 Å². The summed E-state index contributed by atoms with van der Waals surface area (Å²) in [5, 5.41) is 3.47. The molecular weight excluding hydrogens is 148 g/mol. The lowest BCUT2D eigenvalue weighted by Gasteiger charge is -2.30. The van der Waals surface area contributed by atoms with Crippen molar-refractivity contribution in [1.82, 2.24) is 10.2 Å². The van der Waals surface area contributed by atoms with Crippen LogP contribution in [0, 0.1) is 0 Å². The fraction of sp³-hybridized carbons (Fsp3) is 1.00. The Hall–Kier alpha value is -0.0800. The Bertz CT molecular complexity index is 104. The van der Waals surface area contributed by atoms with Crippen LogP contribution in [0.5, 0.6) is 0 Å². The third-order valence-electron chi connectivity index (χ3n) is 2.59. The molecule has 2 nitrogen and oxygen atoms in total. The van der Waals surface area contributed by atoms with Crippen molar-refractivity contribution in [3.63, 3.8) is 0 Å². The summed E-state index contributed by atoms with van der Waals surface area (Å²) < 4.78 is 0. The molecule has 0 aromatic carbocycles. The van der Waals surface area contributed by atoms with Crippen LogP contribution >= 0.6 is 0 Å². The highest BCUT2D eigenvalue weighted by molar-refractivity contribution is 4.66. The molecule has 0 aromatic rings. The minimum Gasteiger partial charge on any atom is -0.302 e. The van der Waals surface area contributed by atoms with Crippen LogP contribution < -0.4 is 5.32 Å². The highest BCUT2D eigenvalue weighted by Gasteiger charge is 2.12. The molecule has 0 fully saturated rings. The molecule has 12 heavy (non-hydrogen) atoms. The van der Waals surface area contributed by atoms with E-state index in [9.17, 15) is 0 Å². The van der Waals surface area contributed by atoms with Gasteiger partial charge in [0.25, 0.3) is 0 Å². The summed E-state index contributed by atoms with van der Waals surface area (Å²) in [4.78, 5) is 2.38. The van der Waals surface area contributed by atoms with E-state index in [1.54, 1.807) is 0 Å². The third-order valence-corrected chi connectivity index (χ3v) is 2.59. The van der Waals surface area contributed by atoms with E-state index in [0.29, 0.717) is 12.2 Å². The fourth-order valence-corrected chi connectivity index (χ4v) is 1.17. The molecule has 1 N–H and O–H groups in total. The van der Waals surface area contributed by atoms with Crippen molar-refractivity contribution < 1.29 is 0 Å². The van der Waals surface area contributed by atoms with Crippen LogP contribution in [-0.2, 0) is 0 Å². The van der Waals surface area contributed by atoms with E-state index >= 15 is 0 Å². The lowest BCUT2D eigenvalue weighted by atomic mass is 10.2. The first-order valence-corrected chi connectivity index (χ1v) is 5.08. The molecule has 0 bridgehead atoms. The maximum Gasteiger partial charge on any atom is 0.0567 e. The van der Waals surface area contributed by atoms with Gasteiger partial charge in [-0.05, 0) is 40.3 Å². The van der Waals surface area contributed by atoms with Gasteiger partial charge in [-0.15, -0.1) is 0 Å². The second-order valence-electron chi connectivity index (χ2n) is 3.55. The van der Waals surface area contributed by atoms with Crippen molar-refractivity contribution in [1.29, 1.82) is 0 Å².